The fraction of sp³-hybridized carbons (Fsp3) is 0.500. The third-order valence-electron chi connectivity index (χ3n) is 2.65. The smallest absolute Gasteiger partial charge is 0.314 e. The Morgan fingerprint density at radius 2 is 2.11 bits per heavy atom. The predicted octanol–water partition coefficient (Wildman–Crippen LogP) is 2.35. The summed E-state index contributed by atoms with van der Waals surface area (Å²) in [6.45, 7) is 4.04. The molecule has 0 amide bonds. The fourth-order valence-electron chi connectivity index (χ4n) is 1.77. The van der Waals surface area contributed by atoms with Gasteiger partial charge in [-0.2, -0.15) is 0 Å². The molecule has 0 aliphatic rings. The monoisotopic (exact) mass is 254 g/mol. The number of phenolic OH excluding ortho intramolecular Hbond substituents is 1. The summed E-state index contributed by atoms with van der Waals surface area (Å²) in [7, 11) is 1.34. The van der Waals surface area contributed by atoms with Crippen molar-refractivity contribution in [2.24, 2.45) is 11.7 Å². The van der Waals surface area contributed by atoms with Crippen molar-refractivity contribution in [1.82, 2.24) is 0 Å². The van der Waals surface area contributed by atoms with Gasteiger partial charge in [-0.05, 0) is 24.0 Å². The van der Waals surface area contributed by atoms with Crippen LogP contribution in [0.4, 0.5) is 5.69 Å². The van der Waals surface area contributed by atoms with Crippen molar-refractivity contribution in [3.05, 3.63) is 27.8 Å². The molecule has 0 fully saturated rings. The lowest BCUT2D eigenvalue weighted by Gasteiger charge is -2.15. The van der Waals surface area contributed by atoms with E-state index in [1.807, 2.05) is 13.8 Å². The molecule has 0 saturated carbocycles. The molecule has 1 aromatic carbocycles. The second-order valence-corrected chi connectivity index (χ2v) is 4.58. The quantitative estimate of drug-likeness (QED) is 0.620. The molecule has 0 heterocycles. The highest BCUT2D eigenvalue weighted by atomic mass is 16.6. The summed E-state index contributed by atoms with van der Waals surface area (Å²) in [6, 6.07) is 2.51. The van der Waals surface area contributed by atoms with Gasteiger partial charge in [-0.1, -0.05) is 13.8 Å². The van der Waals surface area contributed by atoms with Gasteiger partial charge in [-0.3, -0.25) is 10.1 Å². The van der Waals surface area contributed by atoms with Crippen molar-refractivity contribution in [3.63, 3.8) is 0 Å². The maximum absolute atomic E-state index is 10.8. The molecule has 0 aliphatic heterocycles. The fourth-order valence-corrected chi connectivity index (χ4v) is 1.77. The Balaban J connectivity index is 3.21. The van der Waals surface area contributed by atoms with Crippen molar-refractivity contribution >= 4 is 5.69 Å². The van der Waals surface area contributed by atoms with Crippen LogP contribution in [0.25, 0.3) is 0 Å². The van der Waals surface area contributed by atoms with Crippen molar-refractivity contribution in [2.45, 2.75) is 26.3 Å². The lowest BCUT2D eigenvalue weighted by molar-refractivity contribution is -0.386. The molecule has 6 heteroatoms. The van der Waals surface area contributed by atoms with Crippen molar-refractivity contribution in [1.29, 1.82) is 0 Å². The average Bonchev–Trinajstić information content (AvgIpc) is 2.27. The van der Waals surface area contributed by atoms with Crippen molar-refractivity contribution < 1.29 is 14.8 Å². The molecule has 100 valence electrons. The molecule has 0 radical (unpaired) electrons. The number of nitrogens with two attached hydrogens (primary N) is 1. The second-order valence-electron chi connectivity index (χ2n) is 4.58. The van der Waals surface area contributed by atoms with Gasteiger partial charge < -0.3 is 15.6 Å². The third-order valence-corrected chi connectivity index (χ3v) is 2.65. The standard InChI is InChI=1S/C12H18N2O4/c1-7(2)4-9(13)8-5-10(14(16)17)12(15)11(6-8)18-3/h5-7,9,15H,4,13H2,1-3H3/t9-/m0/s1. The lowest BCUT2D eigenvalue weighted by Crippen LogP contribution is -2.13. The van der Waals surface area contributed by atoms with Crippen LogP contribution in [0.15, 0.2) is 12.1 Å². The number of nitrogens with zero attached hydrogens (tertiary/aromatic N) is 1. The molecule has 18 heavy (non-hydrogen) atoms. The normalized spacial score (nSPS) is 12.5. The zero-order chi connectivity index (χ0) is 13.9. The number of hydrogen-bond acceptors (Lipinski definition) is 5. The van der Waals surface area contributed by atoms with E-state index in [1.165, 1.54) is 19.2 Å². The van der Waals surface area contributed by atoms with Crippen molar-refractivity contribution in [2.75, 3.05) is 7.11 Å². The molecule has 3 N–H and O–H groups in total. The molecule has 1 rings (SSSR count). The van der Waals surface area contributed by atoms with Gasteiger partial charge in [0.1, 0.15) is 0 Å². The lowest BCUT2D eigenvalue weighted by atomic mass is 9.97. The van der Waals surface area contributed by atoms with Crippen LogP contribution in [-0.4, -0.2) is 17.1 Å². The zero-order valence-electron chi connectivity index (χ0n) is 10.7. The van der Waals surface area contributed by atoms with E-state index in [4.69, 9.17) is 10.5 Å². The van der Waals surface area contributed by atoms with Gasteiger partial charge in [0.05, 0.1) is 12.0 Å². The maximum atomic E-state index is 10.8. The first-order chi connectivity index (χ1) is 8.36. The zero-order valence-corrected chi connectivity index (χ0v) is 10.7. The highest BCUT2D eigenvalue weighted by Crippen LogP contribution is 2.38. The molecule has 0 bridgehead atoms. The first-order valence-corrected chi connectivity index (χ1v) is 5.67. The number of ether oxygens (including phenoxy) is 1. The van der Waals surface area contributed by atoms with Gasteiger partial charge in [0.2, 0.25) is 5.75 Å². The van der Waals surface area contributed by atoms with E-state index < -0.39 is 10.7 Å². The topological polar surface area (TPSA) is 98.6 Å². The molecule has 1 atom stereocenters. The Kier molecular flexibility index (Phi) is 4.49. The largest absolute Gasteiger partial charge is 0.500 e. The summed E-state index contributed by atoms with van der Waals surface area (Å²) >= 11 is 0. The second kappa shape index (κ2) is 5.68. The Hall–Kier alpha value is -1.82. The Bertz CT molecular complexity index is 446. The van der Waals surface area contributed by atoms with Crippen LogP contribution in [0.2, 0.25) is 0 Å². The van der Waals surface area contributed by atoms with E-state index in [0.29, 0.717) is 17.9 Å². The Morgan fingerprint density at radius 1 is 1.50 bits per heavy atom. The average molecular weight is 254 g/mol. The Morgan fingerprint density at radius 3 is 2.56 bits per heavy atom. The SMILES string of the molecule is COc1cc([C@@H](N)CC(C)C)cc([N+](=O)[O-])c1O. The van der Waals surface area contributed by atoms with Gasteiger partial charge >= 0.3 is 5.69 Å². The van der Waals surface area contributed by atoms with Gasteiger partial charge in [-0.25, -0.2) is 0 Å². The first-order valence-electron chi connectivity index (χ1n) is 5.67. The van der Waals surface area contributed by atoms with Crippen LogP contribution < -0.4 is 10.5 Å². The summed E-state index contributed by atoms with van der Waals surface area (Å²) < 4.78 is 4.92. The molecule has 6 nitrogen and oxygen atoms in total. The molecular formula is C12H18N2O4. The van der Waals surface area contributed by atoms with Gasteiger partial charge in [0, 0.05) is 12.1 Å². The van der Waals surface area contributed by atoms with Crippen LogP contribution in [0.3, 0.4) is 0 Å². The number of nitro benzene ring substituents is 1. The number of aromatic hydroxyl groups is 1. The highest BCUT2D eigenvalue weighted by Gasteiger charge is 2.22. The van der Waals surface area contributed by atoms with E-state index in [1.54, 1.807) is 0 Å². The number of benzene rings is 1. The number of nitro groups is 1. The third kappa shape index (κ3) is 3.10. The number of rotatable bonds is 5. The predicted molar refractivity (Wildman–Crippen MR) is 67.7 cm³/mol. The molecule has 0 aromatic heterocycles. The minimum Gasteiger partial charge on any atom is -0.500 e. The van der Waals surface area contributed by atoms with Crippen LogP contribution in [0, 0.1) is 16.0 Å². The highest BCUT2D eigenvalue weighted by molar-refractivity contribution is 5.57. The van der Waals surface area contributed by atoms with E-state index in [9.17, 15) is 15.2 Å². The molecule has 0 saturated heterocycles. The molecule has 1 aromatic rings. The summed E-state index contributed by atoms with van der Waals surface area (Å²) in [5.74, 6) is -0.0275. The summed E-state index contributed by atoms with van der Waals surface area (Å²) in [5, 5.41) is 20.5. The van der Waals surface area contributed by atoms with Crippen molar-refractivity contribution in [3.8, 4) is 11.5 Å². The minimum absolute atomic E-state index is 0.0680. The van der Waals surface area contributed by atoms with E-state index in [2.05, 4.69) is 0 Å². The summed E-state index contributed by atoms with van der Waals surface area (Å²) in [4.78, 5) is 10.2. The van der Waals surface area contributed by atoms with E-state index in [-0.39, 0.29) is 17.5 Å². The van der Waals surface area contributed by atoms with E-state index in [0.717, 1.165) is 0 Å². The minimum atomic E-state index is -0.649. The summed E-state index contributed by atoms with van der Waals surface area (Å²) in [5.41, 5.74) is 6.18. The van der Waals surface area contributed by atoms with Crippen LogP contribution in [-0.2, 0) is 0 Å². The molecule has 0 aliphatic carbocycles. The molecular weight excluding hydrogens is 236 g/mol. The Labute approximate surface area is 106 Å². The van der Waals surface area contributed by atoms with Crippen LogP contribution in [0.5, 0.6) is 11.5 Å². The molecule has 0 spiro atoms. The van der Waals surface area contributed by atoms with Crippen LogP contribution >= 0.6 is 0 Å². The first kappa shape index (κ1) is 14.2. The van der Waals surface area contributed by atoms with E-state index >= 15 is 0 Å². The number of hydrogen-bond donors (Lipinski definition) is 2. The number of methoxy groups -OCH3 is 1. The van der Waals surface area contributed by atoms with Gasteiger partial charge in [0.15, 0.2) is 5.75 Å². The number of phenols is 1. The van der Waals surface area contributed by atoms with Gasteiger partial charge in [0.25, 0.3) is 0 Å². The maximum Gasteiger partial charge on any atom is 0.314 e. The van der Waals surface area contributed by atoms with Gasteiger partial charge in [-0.15, -0.1) is 0 Å². The molecule has 0 unspecified atom stereocenters. The van der Waals surface area contributed by atoms with Crippen LogP contribution in [0.1, 0.15) is 31.9 Å². The summed E-state index contributed by atoms with van der Waals surface area (Å²) in [6.07, 6.45) is 0.699.